The molecule has 1 aliphatic heterocycles. The Morgan fingerprint density at radius 2 is 2.16 bits per heavy atom. The first-order valence-electron chi connectivity index (χ1n) is 5.66. The van der Waals surface area contributed by atoms with E-state index in [0.717, 1.165) is 0 Å². The predicted molar refractivity (Wildman–Crippen MR) is 63.4 cm³/mol. The molecule has 19 heavy (non-hydrogen) atoms. The van der Waals surface area contributed by atoms with Gasteiger partial charge in [-0.3, -0.25) is 19.8 Å². The van der Waals surface area contributed by atoms with Crippen LogP contribution in [0.1, 0.15) is 16.1 Å². The molecule has 1 saturated heterocycles. The van der Waals surface area contributed by atoms with E-state index in [1.807, 2.05) is 5.43 Å². The normalized spacial score (nSPS) is 15.9. The van der Waals surface area contributed by atoms with Crippen LogP contribution in [0.2, 0.25) is 0 Å². The van der Waals surface area contributed by atoms with Gasteiger partial charge in [-0.05, 0) is 6.07 Å². The molecular weight excluding hydrogens is 252 g/mol. The largest absolute Gasteiger partial charge is 0.467 e. The molecule has 0 atom stereocenters. The van der Waals surface area contributed by atoms with Gasteiger partial charge in [-0.2, -0.15) is 0 Å². The highest BCUT2D eigenvalue weighted by Crippen LogP contribution is 2.15. The number of hydrazine groups is 1. The average molecular weight is 266 g/mol. The monoisotopic (exact) mass is 266 g/mol. The Bertz CT molecular complexity index is 525. The first kappa shape index (κ1) is 13.1. The maximum absolute atomic E-state index is 11.8. The van der Waals surface area contributed by atoms with Crippen molar-refractivity contribution in [2.45, 2.75) is 6.54 Å². The lowest BCUT2D eigenvalue weighted by Gasteiger charge is -2.30. The first-order chi connectivity index (χ1) is 9.04. The molecule has 8 nitrogen and oxygen atoms in total. The second-order valence-corrected chi connectivity index (χ2v) is 4.18. The van der Waals surface area contributed by atoms with E-state index in [4.69, 9.17) is 10.3 Å². The number of carbonyl (C=O) groups is 3. The molecule has 3 amide bonds. The summed E-state index contributed by atoms with van der Waals surface area (Å²) in [6, 6.07) is 1.46. The summed E-state index contributed by atoms with van der Waals surface area (Å²) in [6.07, 6.45) is 1.34. The van der Waals surface area contributed by atoms with Crippen LogP contribution in [-0.4, -0.2) is 47.7 Å². The number of furan rings is 1. The highest BCUT2D eigenvalue weighted by molar-refractivity contribution is 6.35. The molecule has 0 spiro atoms. The van der Waals surface area contributed by atoms with E-state index in [2.05, 4.69) is 0 Å². The lowest BCUT2D eigenvalue weighted by molar-refractivity contribution is -0.155. The minimum Gasteiger partial charge on any atom is -0.467 e. The van der Waals surface area contributed by atoms with Gasteiger partial charge in [0.2, 0.25) is 0 Å². The van der Waals surface area contributed by atoms with Crippen LogP contribution in [0.5, 0.6) is 0 Å². The average Bonchev–Trinajstić information content (AvgIpc) is 2.87. The Kier molecular flexibility index (Phi) is 3.52. The Labute approximate surface area is 109 Å². The summed E-state index contributed by atoms with van der Waals surface area (Å²) in [4.78, 5) is 37.5. The molecule has 8 heteroatoms. The number of nitrogens with two attached hydrogens (primary N) is 1. The predicted octanol–water partition coefficient (Wildman–Crippen LogP) is -1.32. The van der Waals surface area contributed by atoms with E-state index in [-0.39, 0.29) is 12.1 Å². The third kappa shape index (κ3) is 2.43. The van der Waals surface area contributed by atoms with E-state index in [0.29, 0.717) is 18.8 Å². The van der Waals surface area contributed by atoms with Crippen LogP contribution in [0.3, 0.4) is 0 Å². The summed E-state index contributed by atoms with van der Waals surface area (Å²) in [5, 5.41) is 0. The Balaban J connectivity index is 2.14. The van der Waals surface area contributed by atoms with Crippen molar-refractivity contribution >= 4 is 17.7 Å². The molecule has 3 N–H and O–H groups in total. The molecule has 1 aliphatic rings. The minimum absolute atomic E-state index is 0.0637. The van der Waals surface area contributed by atoms with E-state index >= 15 is 0 Å². The molecule has 0 radical (unpaired) electrons. The second-order valence-electron chi connectivity index (χ2n) is 4.18. The van der Waals surface area contributed by atoms with Crippen LogP contribution >= 0.6 is 0 Å². The number of rotatable bonds is 3. The van der Waals surface area contributed by atoms with E-state index < -0.39 is 17.7 Å². The van der Waals surface area contributed by atoms with E-state index in [1.165, 1.54) is 22.1 Å². The van der Waals surface area contributed by atoms with Crippen molar-refractivity contribution in [3.05, 3.63) is 23.7 Å². The molecular formula is C11H14N4O4. The van der Waals surface area contributed by atoms with Gasteiger partial charge < -0.3 is 14.2 Å². The zero-order valence-corrected chi connectivity index (χ0v) is 10.4. The zero-order valence-electron chi connectivity index (χ0n) is 10.4. The second kappa shape index (κ2) is 5.11. The van der Waals surface area contributed by atoms with Crippen molar-refractivity contribution in [1.82, 2.24) is 15.2 Å². The molecule has 1 aromatic heterocycles. The van der Waals surface area contributed by atoms with Crippen molar-refractivity contribution < 1.29 is 18.8 Å². The van der Waals surface area contributed by atoms with Gasteiger partial charge in [0.25, 0.3) is 5.91 Å². The fourth-order valence-electron chi connectivity index (χ4n) is 1.84. The number of nitrogens with one attached hydrogen (secondary N) is 1. The van der Waals surface area contributed by atoms with Crippen LogP contribution < -0.4 is 11.3 Å². The summed E-state index contributed by atoms with van der Waals surface area (Å²) in [7, 11) is 1.57. The van der Waals surface area contributed by atoms with Crippen molar-refractivity contribution in [1.29, 1.82) is 0 Å². The van der Waals surface area contributed by atoms with E-state index in [1.54, 1.807) is 7.05 Å². The molecule has 1 aromatic rings. The SMILES string of the molecule is CN1CCN(Cc2occc2C(=O)NN)C(=O)C1=O. The van der Waals surface area contributed by atoms with Gasteiger partial charge in [0, 0.05) is 20.1 Å². The smallest absolute Gasteiger partial charge is 0.312 e. The number of piperazine rings is 1. The molecule has 0 aromatic carbocycles. The van der Waals surface area contributed by atoms with Crippen LogP contribution in [0, 0.1) is 0 Å². The third-order valence-corrected chi connectivity index (χ3v) is 2.98. The lowest BCUT2D eigenvalue weighted by Crippen LogP contribution is -2.52. The number of nitrogens with zero attached hydrogens (tertiary/aromatic N) is 2. The van der Waals surface area contributed by atoms with Crippen molar-refractivity contribution in [3.8, 4) is 0 Å². The fourth-order valence-corrected chi connectivity index (χ4v) is 1.84. The van der Waals surface area contributed by atoms with Gasteiger partial charge in [-0.15, -0.1) is 0 Å². The maximum atomic E-state index is 11.8. The summed E-state index contributed by atoms with van der Waals surface area (Å²) in [5.41, 5.74) is 2.25. The molecule has 102 valence electrons. The number of hydrogen-bond acceptors (Lipinski definition) is 5. The molecule has 0 saturated carbocycles. The quantitative estimate of drug-likeness (QED) is 0.305. The first-order valence-corrected chi connectivity index (χ1v) is 5.66. The standard InChI is InChI=1S/C11H14N4O4/c1-14-3-4-15(11(18)10(14)17)6-8-7(2-5-19-8)9(16)13-12/h2,5H,3-4,6,12H2,1H3,(H,13,16). The van der Waals surface area contributed by atoms with Crippen LogP contribution in [0.4, 0.5) is 0 Å². The number of amides is 3. The van der Waals surface area contributed by atoms with Crippen LogP contribution in [0.25, 0.3) is 0 Å². The fraction of sp³-hybridized carbons (Fsp3) is 0.364. The third-order valence-electron chi connectivity index (χ3n) is 2.98. The molecule has 0 bridgehead atoms. The summed E-state index contributed by atoms with van der Waals surface area (Å²) >= 11 is 0. The van der Waals surface area contributed by atoms with Crippen molar-refractivity contribution in [3.63, 3.8) is 0 Å². The van der Waals surface area contributed by atoms with Crippen molar-refractivity contribution in [2.24, 2.45) is 5.84 Å². The van der Waals surface area contributed by atoms with Gasteiger partial charge in [-0.25, -0.2) is 5.84 Å². The van der Waals surface area contributed by atoms with Gasteiger partial charge in [0.15, 0.2) is 0 Å². The Hall–Kier alpha value is -2.35. The number of hydrogen-bond donors (Lipinski definition) is 2. The summed E-state index contributed by atoms with van der Waals surface area (Å²) in [5.74, 6) is 3.67. The highest BCUT2D eigenvalue weighted by atomic mass is 16.3. The molecule has 2 rings (SSSR count). The molecule has 0 unspecified atom stereocenters. The number of nitrogen functional groups attached to an aromatic ring is 1. The summed E-state index contributed by atoms with van der Waals surface area (Å²) in [6.45, 7) is 0.906. The molecule has 2 heterocycles. The summed E-state index contributed by atoms with van der Waals surface area (Å²) < 4.78 is 5.17. The van der Waals surface area contributed by atoms with Crippen LogP contribution in [-0.2, 0) is 16.1 Å². The number of carbonyl (C=O) groups excluding carboxylic acids is 3. The minimum atomic E-state index is -0.607. The Morgan fingerprint density at radius 3 is 2.84 bits per heavy atom. The van der Waals surface area contributed by atoms with Gasteiger partial charge >= 0.3 is 11.8 Å². The lowest BCUT2D eigenvalue weighted by atomic mass is 10.2. The van der Waals surface area contributed by atoms with Crippen LogP contribution in [0.15, 0.2) is 16.7 Å². The topological polar surface area (TPSA) is 109 Å². The van der Waals surface area contributed by atoms with Crippen molar-refractivity contribution in [2.75, 3.05) is 20.1 Å². The highest BCUT2D eigenvalue weighted by Gasteiger charge is 2.31. The molecule has 1 fully saturated rings. The van der Waals surface area contributed by atoms with Gasteiger partial charge in [0.1, 0.15) is 5.76 Å². The van der Waals surface area contributed by atoms with Gasteiger partial charge in [0.05, 0.1) is 18.4 Å². The maximum Gasteiger partial charge on any atom is 0.312 e. The van der Waals surface area contributed by atoms with E-state index in [9.17, 15) is 14.4 Å². The van der Waals surface area contributed by atoms with Gasteiger partial charge in [-0.1, -0.05) is 0 Å². The number of likely N-dealkylation sites (N-methyl/N-ethyl adjacent to an activating group) is 1. The molecule has 0 aliphatic carbocycles. The Morgan fingerprint density at radius 1 is 1.42 bits per heavy atom. The zero-order chi connectivity index (χ0) is 14.0.